The number of thiophene rings is 1. The molecule has 0 spiro atoms. The maximum Gasteiger partial charge on any atom is 0.261 e. The third kappa shape index (κ3) is 4.37. The molecule has 2 rings (SSSR count). The Bertz CT molecular complexity index is 593. The van der Waals surface area contributed by atoms with Crippen LogP contribution in [0.2, 0.25) is 0 Å². The van der Waals surface area contributed by atoms with E-state index in [0.29, 0.717) is 11.4 Å². The van der Waals surface area contributed by atoms with Crippen molar-refractivity contribution < 1.29 is 9.18 Å². The SMILES string of the molecule is CN(C)CCCNC(=O)c1sccc1-c1ccc(F)cc1. The Hall–Kier alpha value is -1.72. The molecule has 1 amide bonds. The molecule has 0 aliphatic carbocycles. The molecule has 1 heterocycles. The maximum absolute atomic E-state index is 13.0. The van der Waals surface area contributed by atoms with E-state index in [2.05, 4.69) is 10.2 Å². The van der Waals surface area contributed by atoms with E-state index < -0.39 is 0 Å². The number of nitrogens with one attached hydrogen (secondary N) is 1. The van der Waals surface area contributed by atoms with Gasteiger partial charge in [0.25, 0.3) is 5.91 Å². The van der Waals surface area contributed by atoms with Gasteiger partial charge in [0.05, 0.1) is 4.88 Å². The molecule has 0 unspecified atom stereocenters. The predicted octanol–water partition coefficient (Wildman–Crippen LogP) is 3.24. The Morgan fingerprint density at radius 2 is 1.95 bits per heavy atom. The van der Waals surface area contributed by atoms with Crippen LogP contribution in [0.25, 0.3) is 11.1 Å². The summed E-state index contributed by atoms with van der Waals surface area (Å²) in [5.41, 5.74) is 1.71. The number of carbonyl (C=O) groups excluding carboxylic acids is 1. The van der Waals surface area contributed by atoms with Gasteiger partial charge in [0, 0.05) is 12.1 Å². The molecular weight excluding hydrogens is 287 g/mol. The van der Waals surface area contributed by atoms with Crippen molar-refractivity contribution in [3.05, 3.63) is 46.4 Å². The van der Waals surface area contributed by atoms with Gasteiger partial charge in [-0.3, -0.25) is 4.79 Å². The lowest BCUT2D eigenvalue weighted by Crippen LogP contribution is -2.26. The quantitative estimate of drug-likeness (QED) is 0.831. The van der Waals surface area contributed by atoms with Gasteiger partial charge in [-0.1, -0.05) is 12.1 Å². The minimum atomic E-state index is -0.274. The second-order valence-electron chi connectivity index (χ2n) is 5.08. The monoisotopic (exact) mass is 306 g/mol. The zero-order chi connectivity index (χ0) is 15.2. The smallest absolute Gasteiger partial charge is 0.261 e. The summed E-state index contributed by atoms with van der Waals surface area (Å²) >= 11 is 1.40. The summed E-state index contributed by atoms with van der Waals surface area (Å²) in [6, 6.07) is 8.10. The van der Waals surface area contributed by atoms with E-state index in [0.717, 1.165) is 24.1 Å². The summed E-state index contributed by atoms with van der Waals surface area (Å²) in [6.45, 7) is 1.59. The standard InChI is InChI=1S/C16H19FN2OS/c1-19(2)10-3-9-18-16(20)15-14(8-11-21-15)12-4-6-13(17)7-5-12/h4-8,11H,3,9-10H2,1-2H3,(H,18,20). The van der Waals surface area contributed by atoms with Crippen LogP contribution >= 0.6 is 11.3 Å². The van der Waals surface area contributed by atoms with E-state index in [9.17, 15) is 9.18 Å². The lowest BCUT2D eigenvalue weighted by molar-refractivity contribution is 0.0957. The van der Waals surface area contributed by atoms with Gasteiger partial charge in [-0.05, 0) is 56.2 Å². The van der Waals surface area contributed by atoms with E-state index in [4.69, 9.17) is 0 Å². The van der Waals surface area contributed by atoms with Crippen LogP contribution in [0.3, 0.4) is 0 Å². The van der Waals surface area contributed by atoms with Gasteiger partial charge in [-0.15, -0.1) is 11.3 Å². The molecule has 1 aromatic carbocycles. The Morgan fingerprint density at radius 1 is 1.24 bits per heavy atom. The van der Waals surface area contributed by atoms with Gasteiger partial charge in [0.1, 0.15) is 5.82 Å². The molecule has 3 nitrogen and oxygen atoms in total. The van der Waals surface area contributed by atoms with E-state index in [1.54, 1.807) is 12.1 Å². The van der Waals surface area contributed by atoms with Crippen molar-refractivity contribution in [3.63, 3.8) is 0 Å². The first kappa shape index (κ1) is 15.7. The average molecular weight is 306 g/mol. The number of benzene rings is 1. The molecule has 1 N–H and O–H groups in total. The second kappa shape index (κ2) is 7.33. The summed E-state index contributed by atoms with van der Waals surface area (Å²) in [6.07, 6.45) is 0.913. The number of carbonyl (C=O) groups is 1. The lowest BCUT2D eigenvalue weighted by Gasteiger charge is -2.10. The number of nitrogens with zero attached hydrogens (tertiary/aromatic N) is 1. The lowest BCUT2D eigenvalue weighted by atomic mass is 10.1. The Labute approximate surface area is 128 Å². The van der Waals surface area contributed by atoms with Crippen molar-refractivity contribution in [1.82, 2.24) is 10.2 Å². The first-order valence-electron chi connectivity index (χ1n) is 6.84. The van der Waals surface area contributed by atoms with Gasteiger partial charge < -0.3 is 10.2 Å². The average Bonchev–Trinajstić information content (AvgIpc) is 2.93. The first-order valence-corrected chi connectivity index (χ1v) is 7.72. The predicted molar refractivity (Wildman–Crippen MR) is 85.2 cm³/mol. The van der Waals surface area contributed by atoms with Crippen molar-refractivity contribution >= 4 is 17.2 Å². The molecule has 0 atom stereocenters. The van der Waals surface area contributed by atoms with Crippen LogP contribution in [-0.2, 0) is 0 Å². The van der Waals surface area contributed by atoms with E-state index >= 15 is 0 Å². The fourth-order valence-electron chi connectivity index (χ4n) is 2.02. The molecule has 0 aliphatic heterocycles. The highest BCUT2D eigenvalue weighted by molar-refractivity contribution is 7.12. The van der Waals surface area contributed by atoms with Crippen molar-refractivity contribution in [2.45, 2.75) is 6.42 Å². The summed E-state index contributed by atoms with van der Waals surface area (Å²) in [5, 5.41) is 4.82. The minimum Gasteiger partial charge on any atom is -0.351 e. The van der Waals surface area contributed by atoms with Crippen molar-refractivity contribution in [3.8, 4) is 11.1 Å². The van der Waals surface area contributed by atoms with Gasteiger partial charge in [-0.25, -0.2) is 4.39 Å². The summed E-state index contributed by atoms with van der Waals surface area (Å²) in [5.74, 6) is -0.341. The van der Waals surface area contributed by atoms with Crippen LogP contribution in [0.1, 0.15) is 16.1 Å². The molecule has 0 saturated carbocycles. The zero-order valence-corrected chi connectivity index (χ0v) is 13.0. The van der Waals surface area contributed by atoms with Crippen molar-refractivity contribution in [2.24, 2.45) is 0 Å². The molecule has 5 heteroatoms. The molecule has 0 radical (unpaired) electrons. The normalized spacial score (nSPS) is 10.9. The Balaban J connectivity index is 2.02. The number of amides is 1. The molecule has 2 aromatic rings. The Kier molecular flexibility index (Phi) is 5.47. The van der Waals surface area contributed by atoms with Gasteiger partial charge in [0.2, 0.25) is 0 Å². The number of halogens is 1. The number of hydrogen-bond donors (Lipinski definition) is 1. The molecule has 0 fully saturated rings. The van der Waals surface area contributed by atoms with Crippen LogP contribution < -0.4 is 5.32 Å². The number of hydrogen-bond acceptors (Lipinski definition) is 3. The first-order chi connectivity index (χ1) is 10.1. The topological polar surface area (TPSA) is 32.3 Å². The van der Waals surface area contributed by atoms with Crippen LogP contribution in [0.4, 0.5) is 4.39 Å². The van der Waals surface area contributed by atoms with E-state index in [1.165, 1.54) is 23.5 Å². The molecule has 112 valence electrons. The molecule has 0 bridgehead atoms. The van der Waals surface area contributed by atoms with Crippen molar-refractivity contribution in [1.29, 1.82) is 0 Å². The van der Waals surface area contributed by atoms with E-state index in [1.807, 2.05) is 25.5 Å². The van der Waals surface area contributed by atoms with Crippen LogP contribution in [0.5, 0.6) is 0 Å². The third-order valence-electron chi connectivity index (χ3n) is 3.09. The zero-order valence-electron chi connectivity index (χ0n) is 12.2. The number of rotatable bonds is 6. The van der Waals surface area contributed by atoms with Gasteiger partial charge >= 0.3 is 0 Å². The summed E-state index contributed by atoms with van der Waals surface area (Å²) in [7, 11) is 4.02. The highest BCUT2D eigenvalue weighted by Gasteiger charge is 2.14. The van der Waals surface area contributed by atoms with Crippen LogP contribution in [-0.4, -0.2) is 38.0 Å². The molecular formula is C16H19FN2OS. The van der Waals surface area contributed by atoms with Gasteiger partial charge in [-0.2, -0.15) is 0 Å². The van der Waals surface area contributed by atoms with Crippen molar-refractivity contribution in [2.75, 3.05) is 27.2 Å². The summed E-state index contributed by atoms with van der Waals surface area (Å²) < 4.78 is 13.0. The summed E-state index contributed by atoms with van der Waals surface area (Å²) in [4.78, 5) is 15.0. The maximum atomic E-state index is 13.0. The fourth-order valence-corrected chi connectivity index (χ4v) is 2.85. The van der Waals surface area contributed by atoms with E-state index in [-0.39, 0.29) is 11.7 Å². The largest absolute Gasteiger partial charge is 0.351 e. The third-order valence-corrected chi connectivity index (χ3v) is 4.01. The minimum absolute atomic E-state index is 0.0666. The molecule has 21 heavy (non-hydrogen) atoms. The van der Waals surface area contributed by atoms with Crippen LogP contribution in [0, 0.1) is 5.82 Å². The van der Waals surface area contributed by atoms with Crippen LogP contribution in [0.15, 0.2) is 35.7 Å². The molecule has 1 aromatic heterocycles. The fraction of sp³-hybridized carbons (Fsp3) is 0.312. The second-order valence-corrected chi connectivity index (χ2v) is 6.00. The highest BCUT2D eigenvalue weighted by Crippen LogP contribution is 2.28. The Morgan fingerprint density at radius 3 is 2.62 bits per heavy atom. The molecule has 0 saturated heterocycles. The van der Waals surface area contributed by atoms with Gasteiger partial charge in [0.15, 0.2) is 0 Å². The highest BCUT2D eigenvalue weighted by atomic mass is 32.1. The molecule has 0 aliphatic rings.